The molecule has 0 aromatic carbocycles. The van der Waals surface area contributed by atoms with Gasteiger partial charge in [-0.2, -0.15) is 0 Å². The van der Waals surface area contributed by atoms with Crippen molar-refractivity contribution in [3.63, 3.8) is 0 Å². The van der Waals surface area contributed by atoms with Gasteiger partial charge in [-0.25, -0.2) is 0 Å². The van der Waals surface area contributed by atoms with Crippen LogP contribution < -0.4 is 0 Å². The Hall–Kier alpha value is -0.350. The van der Waals surface area contributed by atoms with Gasteiger partial charge in [-0.1, -0.05) is 5.87 Å². The number of rotatable bonds is 2. The third-order valence-electron chi connectivity index (χ3n) is 3.40. The summed E-state index contributed by atoms with van der Waals surface area (Å²) in [7, 11) is 0.343. The first-order chi connectivity index (χ1) is 8.43. The maximum Gasteiger partial charge on any atom is 0.222 e. The quantitative estimate of drug-likeness (QED) is 0.722. The Kier molecular flexibility index (Phi) is 6.36. The molecular weight excluding hydrogens is 244 g/mol. The third-order valence-corrected chi connectivity index (χ3v) is 5.43. The average Bonchev–Trinajstić information content (AvgIpc) is 2.87. The molecule has 0 aliphatic carbocycles. The van der Waals surface area contributed by atoms with Crippen LogP contribution in [-0.2, 0) is 4.79 Å². The highest BCUT2D eigenvalue weighted by molar-refractivity contribution is 8.12. The molecule has 0 saturated carbocycles. The van der Waals surface area contributed by atoms with E-state index in [0.717, 1.165) is 19.4 Å². The summed E-state index contributed by atoms with van der Waals surface area (Å²) in [5.74, 6) is 5.74. The van der Waals surface area contributed by atoms with Crippen LogP contribution >= 0.6 is 10.7 Å². The molecule has 0 spiro atoms. The predicted molar refractivity (Wildman–Crippen MR) is 82.1 cm³/mol. The van der Waals surface area contributed by atoms with Crippen molar-refractivity contribution in [2.45, 2.75) is 59.0 Å². The van der Waals surface area contributed by atoms with E-state index < -0.39 is 0 Å². The van der Waals surface area contributed by atoms with Crippen molar-refractivity contribution in [2.75, 3.05) is 18.8 Å². The normalized spacial score (nSPS) is 24.9. The zero-order chi connectivity index (χ0) is 13.7. The first-order valence-electron chi connectivity index (χ1n) is 7.00. The van der Waals surface area contributed by atoms with Crippen LogP contribution in [0.5, 0.6) is 0 Å². The molecule has 106 valence electrons. The van der Waals surface area contributed by atoms with E-state index in [1.165, 1.54) is 18.7 Å². The molecule has 0 N–H and O–H groups in total. The summed E-state index contributed by atoms with van der Waals surface area (Å²) in [5, 5.41) is 0. The van der Waals surface area contributed by atoms with Crippen molar-refractivity contribution < 1.29 is 4.79 Å². The molecule has 2 saturated heterocycles. The van der Waals surface area contributed by atoms with Crippen LogP contribution in [0.15, 0.2) is 0 Å². The molecule has 2 aliphatic heterocycles. The smallest absolute Gasteiger partial charge is 0.222 e. The van der Waals surface area contributed by atoms with Gasteiger partial charge < -0.3 is 4.90 Å². The molecule has 3 nitrogen and oxygen atoms in total. The van der Waals surface area contributed by atoms with Crippen LogP contribution in [-0.4, -0.2) is 51.9 Å². The van der Waals surface area contributed by atoms with Gasteiger partial charge in [-0.3, -0.25) is 9.10 Å². The second-order valence-electron chi connectivity index (χ2n) is 5.54. The SMILES string of the molecule is C=S1CCCN1C(C)C.CC(C)N1CCCC1=O. The minimum Gasteiger partial charge on any atom is -0.340 e. The summed E-state index contributed by atoms with van der Waals surface area (Å²) in [6.45, 7) is 10.8. The molecule has 0 radical (unpaired) electrons. The third kappa shape index (κ3) is 4.39. The Morgan fingerprint density at radius 2 is 1.78 bits per heavy atom. The Bertz CT molecular complexity index is 272. The molecule has 0 aromatic rings. The van der Waals surface area contributed by atoms with E-state index in [0.29, 0.717) is 28.7 Å². The molecule has 1 unspecified atom stereocenters. The van der Waals surface area contributed by atoms with E-state index in [1.54, 1.807) is 0 Å². The zero-order valence-electron chi connectivity index (χ0n) is 12.3. The number of hydrogen-bond donors (Lipinski definition) is 0. The Balaban J connectivity index is 0.000000180. The number of hydrogen-bond acceptors (Lipinski definition) is 2. The molecule has 1 amide bonds. The fourth-order valence-corrected chi connectivity index (χ4v) is 4.09. The van der Waals surface area contributed by atoms with Crippen molar-refractivity contribution in [1.29, 1.82) is 0 Å². The Morgan fingerprint density at radius 1 is 1.11 bits per heavy atom. The van der Waals surface area contributed by atoms with Crippen molar-refractivity contribution >= 4 is 22.4 Å². The van der Waals surface area contributed by atoms with Crippen LogP contribution in [0.3, 0.4) is 0 Å². The summed E-state index contributed by atoms with van der Waals surface area (Å²) in [5.41, 5.74) is 0. The molecule has 2 heterocycles. The zero-order valence-corrected chi connectivity index (χ0v) is 13.1. The van der Waals surface area contributed by atoms with Gasteiger partial charge in [0.05, 0.1) is 0 Å². The second kappa shape index (κ2) is 7.29. The number of likely N-dealkylation sites (tertiary alicyclic amines) is 1. The van der Waals surface area contributed by atoms with E-state index in [4.69, 9.17) is 0 Å². The van der Waals surface area contributed by atoms with E-state index in [1.807, 2.05) is 4.90 Å². The van der Waals surface area contributed by atoms with Gasteiger partial charge in [0.2, 0.25) is 5.91 Å². The Morgan fingerprint density at radius 3 is 2.00 bits per heavy atom. The fourth-order valence-electron chi connectivity index (χ4n) is 2.40. The number of nitrogens with zero attached hydrogens (tertiary/aromatic N) is 2. The molecule has 2 fully saturated rings. The van der Waals surface area contributed by atoms with Gasteiger partial charge in [-0.05, 0) is 40.5 Å². The molecule has 1 atom stereocenters. The van der Waals surface area contributed by atoms with Crippen molar-refractivity contribution in [3.8, 4) is 0 Å². The first kappa shape index (κ1) is 15.7. The van der Waals surface area contributed by atoms with Crippen molar-refractivity contribution in [3.05, 3.63) is 0 Å². The van der Waals surface area contributed by atoms with Gasteiger partial charge in [-0.15, -0.1) is 10.7 Å². The van der Waals surface area contributed by atoms with Gasteiger partial charge in [0.1, 0.15) is 0 Å². The van der Waals surface area contributed by atoms with Crippen LogP contribution in [0.1, 0.15) is 47.0 Å². The lowest BCUT2D eigenvalue weighted by Crippen LogP contribution is -2.31. The molecule has 18 heavy (non-hydrogen) atoms. The lowest BCUT2D eigenvalue weighted by atomic mass is 10.3. The molecule has 0 bridgehead atoms. The van der Waals surface area contributed by atoms with E-state index >= 15 is 0 Å². The number of carbonyl (C=O) groups excluding carboxylic acids is 1. The minimum atomic E-state index is 0.324. The number of carbonyl (C=O) groups is 1. The van der Waals surface area contributed by atoms with E-state index in [2.05, 4.69) is 37.9 Å². The van der Waals surface area contributed by atoms with E-state index in [-0.39, 0.29) is 0 Å². The summed E-state index contributed by atoms with van der Waals surface area (Å²) >= 11 is 0. The van der Waals surface area contributed by atoms with Gasteiger partial charge in [0.25, 0.3) is 0 Å². The minimum absolute atomic E-state index is 0.324. The topological polar surface area (TPSA) is 23.6 Å². The summed E-state index contributed by atoms with van der Waals surface area (Å²) < 4.78 is 2.49. The Labute approximate surface area is 115 Å². The highest BCUT2D eigenvalue weighted by atomic mass is 32.2. The summed E-state index contributed by atoms with van der Waals surface area (Å²) in [4.78, 5) is 12.9. The van der Waals surface area contributed by atoms with Crippen LogP contribution in [0, 0.1) is 0 Å². The largest absolute Gasteiger partial charge is 0.340 e. The first-order valence-corrected chi connectivity index (χ1v) is 8.52. The molecular formula is C14H28N2OS. The van der Waals surface area contributed by atoms with Crippen LogP contribution in [0.25, 0.3) is 0 Å². The van der Waals surface area contributed by atoms with Crippen LogP contribution in [0.2, 0.25) is 0 Å². The second-order valence-corrected chi connectivity index (χ2v) is 7.34. The maximum absolute atomic E-state index is 10.9. The predicted octanol–water partition coefficient (Wildman–Crippen LogP) is 2.73. The summed E-state index contributed by atoms with van der Waals surface area (Å²) in [6.07, 6.45) is 3.17. The summed E-state index contributed by atoms with van der Waals surface area (Å²) in [6, 6.07) is 1.10. The number of amides is 1. The lowest BCUT2D eigenvalue weighted by molar-refractivity contribution is -0.129. The monoisotopic (exact) mass is 272 g/mol. The highest BCUT2D eigenvalue weighted by Crippen LogP contribution is 2.27. The van der Waals surface area contributed by atoms with E-state index in [9.17, 15) is 4.79 Å². The molecule has 2 rings (SSSR count). The van der Waals surface area contributed by atoms with Crippen molar-refractivity contribution in [1.82, 2.24) is 9.21 Å². The van der Waals surface area contributed by atoms with Gasteiger partial charge in [0.15, 0.2) is 0 Å². The maximum atomic E-state index is 10.9. The molecule has 0 aromatic heterocycles. The fraction of sp³-hybridized carbons (Fsp3) is 0.857. The molecule has 2 aliphatic rings. The van der Waals surface area contributed by atoms with Gasteiger partial charge >= 0.3 is 0 Å². The average molecular weight is 272 g/mol. The standard InChI is InChI=1S/C7H13NO.C7H15NS/c1-6(2)8-5-3-4-7(8)9;1-7(2)8-5-4-6-9(8)3/h6H,3-5H2,1-2H3;7H,3-6H2,1-2H3. The lowest BCUT2D eigenvalue weighted by Gasteiger charge is -2.21. The van der Waals surface area contributed by atoms with Crippen LogP contribution in [0.4, 0.5) is 0 Å². The highest BCUT2D eigenvalue weighted by Gasteiger charge is 2.21. The molecule has 4 heteroatoms. The van der Waals surface area contributed by atoms with Gasteiger partial charge in [0, 0.05) is 37.3 Å². The van der Waals surface area contributed by atoms with Crippen molar-refractivity contribution in [2.24, 2.45) is 0 Å².